The molecular formula is C11H18ClNO3. The summed E-state index contributed by atoms with van der Waals surface area (Å²) in [6.07, 6.45) is 5.25. The van der Waals surface area contributed by atoms with Gasteiger partial charge in [0.1, 0.15) is 5.38 Å². The number of nitrogens with one attached hydrogen (secondary N) is 1. The maximum atomic E-state index is 11.5. The predicted octanol–water partition coefficient (Wildman–Crippen LogP) is 1.46. The molecule has 0 saturated heterocycles. The first-order valence-corrected chi connectivity index (χ1v) is 6.05. The van der Waals surface area contributed by atoms with Gasteiger partial charge in [0.2, 0.25) is 5.91 Å². The van der Waals surface area contributed by atoms with Crippen LogP contribution in [0.1, 0.15) is 32.1 Å². The van der Waals surface area contributed by atoms with Gasteiger partial charge < -0.3 is 10.1 Å². The minimum Gasteiger partial charge on any atom is -0.468 e. The van der Waals surface area contributed by atoms with E-state index in [1.807, 2.05) is 0 Å². The number of hydrogen-bond donors (Lipinski definition) is 1. The van der Waals surface area contributed by atoms with E-state index in [0.717, 1.165) is 12.8 Å². The SMILES string of the molecule is COC(=O)C(Cl)CNC(=O)CC1CCCC1. The van der Waals surface area contributed by atoms with Crippen molar-refractivity contribution in [3.8, 4) is 0 Å². The van der Waals surface area contributed by atoms with Gasteiger partial charge in [-0.25, -0.2) is 0 Å². The number of ether oxygens (including phenoxy) is 1. The lowest BCUT2D eigenvalue weighted by atomic mass is 10.0. The molecular weight excluding hydrogens is 230 g/mol. The number of halogens is 1. The number of carbonyl (C=O) groups excluding carboxylic acids is 2. The Morgan fingerprint density at radius 1 is 1.44 bits per heavy atom. The van der Waals surface area contributed by atoms with Crippen LogP contribution >= 0.6 is 11.6 Å². The minimum absolute atomic E-state index is 0.0264. The Bertz CT molecular complexity index is 252. The molecule has 0 spiro atoms. The molecule has 16 heavy (non-hydrogen) atoms. The largest absolute Gasteiger partial charge is 0.468 e. The molecule has 1 saturated carbocycles. The van der Waals surface area contributed by atoms with Crippen LogP contribution < -0.4 is 5.32 Å². The van der Waals surface area contributed by atoms with Crippen LogP contribution in [-0.4, -0.2) is 30.9 Å². The van der Waals surface area contributed by atoms with E-state index in [4.69, 9.17) is 11.6 Å². The minimum atomic E-state index is -0.794. The highest BCUT2D eigenvalue weighted by Gasteiger charge is 2.20. The Kier molecular flexibility index (Phi) is 5.60. The summed E-state index contributed by atoms with van der Waals surface area (Å²) in [6, 6.07) is 0. The van der Waals surface area contributed by atoms with Crippen LogP contribution in [0.3, 0.4) is 0 Å². The molecule has 0 aromatic rings. The van der Waals surface area contributed by atoms with Crippen LogP contribution in [-0.2, 0) is 14.3 Å². The molecule has 0 radical (unpaired) electrons. The van der Waals surface area contributed by atoms with Gasteiger partial charge in [0, 0.05) is 13.0 Å². The molecule has 0 heterocycles. The van der Waals surface area contributed by atoms with Gasteiger partial charge >= 0.3 is 5.97 Å². The maximum absolute atomic E-state index is 11.5. The fourth-order valence-corrected chi connectivity index (χ4v) is 2.13. The fourth-order valence-electron chi connectivity index (χ4n) is 1.96. The highest BCUT2D eigenvalue weighted by atomic mass is 35.5. The Morgan fingerprint density at radius 2 is 2.06 bits per heavy atom. The van der Waals surface area contributed by atoms with Crippen molar-refractivity contribution < 1.29 is 14.3 Å². The van der Waals surface area contributed by atoms with Crippen LogP contribution in [0, 0.1) is 5.92 Å². The van der Waals surface area contributed by atoms with Crippen molar-refractivity contribution in [2.45, 2.75) is 37.5 Å². The first-order chi connectivity index (χ1) is 7.63. The van der Waals surface area contributed by atoms with Crippen LogP contribution in [0.25, 0.3) is 0 Å². The number of methoxy groups -OCH3 is 1. The van der Waals surface area contributed by atoms with Crippen molar-refractivity contribution >= 4 is 23.5 Å². The summed E-state index contributed by atoms with van der Waals surface area (Å²) in [5, 5.41) is 1.86. The summed E-state index contributed by atoms with van der Waals surface area (Å²) in [7, 11) is 1.28. The van der Waals surface area contributed by atoms with Crippen molar-refractivity contribution in [2.75, 3.05) is 13.7 Å². The molecule has 92 valence electrons. The van der Waals surface area contributed by atoms with Crippen molar-refractivity contribution in [1.29, 1.82) is 0 Å². The molecule has 0 aliphatic heterocycles. The van der Waals surface area contributed by atoms with Gasteiger partial charge in [0.05, 0.1) is 7.11 Å². The van der Waals surface area contributed by atoms with E-state index < -0.39 is 11.3 Å². The van der Waals surface area contributed by atoms with E-state index in [1.54, 1.807) is 0 Å². The third kappa shape index (κ3) is 4.39. The molecule has 4 nitrogen and oxygen atoms in total. The van der Waals surface area contributed by atoms with E-state index in [9.17, 15) is 9.59 Å². The summed E-state index contributed by atoms with van der Waals surface area (Å²) >= 11 is 5.70. The molecule has 1 N–H and O–H groups in total. The molecule has 1 unspecified atom stereocenters. The number of carbonyl (C=O) groups is 2. The number of alkyl halides is 1. The van der Waals surface area contributed by atoms with Gasteiger partial charge in [-0.1, -0.05) is 12.8 Å². The van der Waals surface area contributed by atoms with Crippen molar-refractivity contribution in [3.63, 3.8) is 0 Å². The number of amides is 1. The molecule has 1 aliphatic rings. The molecule has 0 bridgehead atoms. The molecule has 5 heteroatoms. The van der Waals surface area contributed by atoms with Gasteiger partial charge in [-0.15, -0.1) is 11.6 Å². The highest BCUT2D eigenvalue weighted by Crippen LogP contribution is 2.27. The first kappa shape index (κ1) is 13.3. The van der Waals surface area contributed by atoms with Gasteiger partial charge in [0.15, 0.2) is 0 Å². The zero-order valence-electron chi connectivity index (χ0n) is 9.50. The second kappa shape index (κ2) is 6.74. The molecule has 0 aromatic carbocycles. The van der Waals surface area contributed by atoms with Gasteiger partial charge in [-0.05, 0) is 18.8 Å². The van der Waals surface area contributed by atoms with Gasteiger partial charge in [-0.2, -0.15) is 0 Å². The van der Waals surface area contributed by atoms with Crippen molar-refractivity contribution in [1.82, 2.24) is 5.32 Å². The normalized spacial score (nSPS) is 18.1. The molecule has 1 rings (SSSR count). The van der Waals surface area contributed by atoms with E-state index in [2.05, 4.69) is 10.1 Å². The van der Waals surface area contributed by atoms with Crippen LogP contribution in [0.15, 0.2) is 0 Å². The lowest BCUT2D eigenvalue weighted by Gasteiger charge is -2.11. The zero-order chi connectivity index (χ0) is 12.0. The Hall–Kier alpha value is -0.770. The number of rotatable bonds is 5. The smallest absolute Gasteiger partial charge is 0.325 e. The van der Waals surface area contributed by atoms with E-state index in [0.29, 0.717) is 12.3 Å². The van der Waals surface area contributed by atoms with Gasteiger partial charge in [-0.3, -0.25) is 9.59 Å². The summed E-state index contributed by atoms with van der Waals surface area (Å²) < 4.78 is 4.46. The van der Waals surface area contributed by atoms with Crippen LogP contribution in [0.4, 0.5) is 0 Å². The molecule has 0 aromatic heterocycles. The lowest BCUT2D eigenvalue weighted by Crippen LogP contribution is -2.34. The van der Waals surface area contributed by atoms with Crippen LogP contribution in [0.5, 0.6) is 0 Å². The second-order valence-corrected chi connectivity index (χ2v) is 4.68. The topological polar surface area (TPSA) is 55.4 Å². The first-order valence-electron chi connectivity index (χ1n) is 5.62. The lowest BCUT2D eigenvalue weighted by molar-refractivity contribution is -0.140. The fraction of sp³-hybridized carbons (Fsp3) is 0.818. The standard InChI is InChI=1S/C11H18ClNO3/c1-16-11(15)9(12)7-13-10(14)6-8-4-2-3-5-8/h8-9H,2-7H2,1H3,(H,13,14). The second-order valence-electron chi connectivity index (χ2n) is 4.15. The maximum Gasteiger partial charge on any atom is 0.325 e. The average Bonchev–Trinajstić information content (AvgIpc) is 2.77. The average molecular weight is 248 g/mol. The number of hydrogen-bond acceptors (Lipinski definition) is 3. The Balaban J connectivity index is 2.16. The predicted molar refractivity (Wildman–Crippen MR) is 61.2 cm³/mol. The molecule has 1 fully saturated rings. The van der Waals surface area contributed by atoms with E-state index >= 15 is 0 Å². The summed E-state index contributed by atoms with van der Waals surface area (Å²) in [5.41, 5.74) is 0. The summed E-state index contributed by atoms with van der Waals surface area (Å²) in [4.78, 5) is 22.5. The van der Waals surface area contributed by atoms with Crippen LogP contribution in [0.2, 0.25) is 0 Å². The zero-order valence-corrected chi connectivity index (χ0v) is 10.3. The monoisotopic (exact) mass is 247 g/mol. The summed E-state index contributed by atoms with van der Waals surface area (Å²) in [6.45, 7) is 0.139. The summed E-state index contributed by atoms with van der Waals surface area (Å²) in [5.74, 6) is -0.0313. The quantitative estimate of drug-likeness (QED) is 0.591. The third-order valence-electron chi connectivity index (χ3n) is 2.88. The van der Waals surface area contributed by atoms with Crippen molar-refractivity contribution in [3.05, 3.63) is 0 Å². The third-order valence-corrected chi connectivity index (χ3v) is 3.22. The highest BCUT2D eigenvalue weighted by molar-refractivity contribution is 6.30. The van der Waals surface area contributed by atoms with Gasteiger partial charge in [0.25, 0.3) is 0 Å². The Labute approximate surface area is 101 Å². The molecule has 1 aliphatic carbocycles. The Morgan fingerprint density at radius 3 is 2.62 bits per heavy atom. The van der Waals surface area contributed by atoms with Crippen molar-refractivity contribution in [2.24, 2.45) is 5.92 Å². The molecule has 1 atom stereocenters. The number of esters is 1. The molecule has 1 amide bonds. The van der Waals surface area contributed by atoms with E-state index in [-0.39, 0.29) is 12.5 Å². The van der Waals surface area contributed by atoms with E-state index in [1.165, 1.54) is 20.0 Å².